The first-order chi connectivity index (χ1) is 7.31. The molecule has 0 aromatic heterocycles. The predicted octanol–water partition coefficient (Wildman–Crippen LogP) is 2.76. The first kappa shape index (κ1) is 10.5. The fourth-order valence-electron chi connectivity index (χ4n) is 1.90. The summed E-state index contributed by atoms with van der Waals surface area (Å²) in [6.07, 6.45) is 3.86. The van der Waals surface area contributed by atoms with Crippen LogP contribution in [0.25, 0.3) is 0 Å². The Balaban J connectivity index is 2.09. The molecule has 0 aliphatic heterocycles. The monoisotopic (exact) mass is 223 g/mol. The Kier molecular flexibility index (Phi) is 3.29. The van der Waals surface area contributed by atoms with Crippen LogP contribution in [0.4, 0.5) is 0 Å². The second-order valence-corrected chi connectivity index (χ2v) is 3.93. The molecule has 15 heavy (non-hydrogen) atoms. The van der Waals surface area contributed by atoms with Crippen molar-refractivity contribution in [2.75, 3.05) is 6.61 Å². The molecule has 0 saturated carbocycles. The van der Waals surface area contributed by atoms with Gasteiger partial charge in [0.05, 0.1) is 0 Å². The minimum Gasteiger partial charge on any atom is -0.489 e. The molecule has 1 aliphatic rings. The van der Waals surface area contributed by atoms with Gasteiger partial charge in [-0.15, -0.1) is 0 Å². The van der Waals surface area contributed by atoms with E-state index in [1.807, 2.05) is 6.07 Å². The van der Waals surface area contributed by atoms with E-state index in [4.69, 9.17) is 22.1 Å². The van der Waals surface area contributed by atoms with Gasteiger partial charge in [0, 0.05) is 11.6 Å². The molecule has 0 heterocycles. The Labute approximate surface area is 94.7 Å². The Morgan fingerprint density at radius 3 is 3.20 bits per heavy atom. The van der Waals surface area contributed by atoms with Gasteiger partial charge >= 0.3 is 0 Å². The van der Waals surface area contributed by atoms with Gasteiger partial charge in [0.2, 0.25) is 0 Å². The average Bonchev–Trinajstić information content (AvgIpc) is 2.61. The van der Waals surface area contributed by atoms with E-state index in [1.165, 1.54) is 16.7 Å². The largest absolute Gasteiger partial charge is 0.489 e. The summed E-state index contributed by atoms with van der Waals surface area (Å²) >= 11 is 5.40. The van der Waals surface area contributed by atoms with Crippen LogP contribution in [0.1, 0.15) is 23.6 Å². The Morgan fingerprint density at radius 2 is 2.40 bits per heavy atom. The lowest BCUT2D eigenvalue weighted by molar-refractivity contribution is 0.362. The van der Waals surface area contributed by atoms with Crippen LogP contribution >= 0.6 is 11.6 Å². The first-order valence-electron chi connectivity index (χ1n) is 5.07. The van der Waals surface area contributed by atoms with Gasteiger partial charge in [-0.1, -0.05) is 17.7 Å². The number of rotatable bonds is 3. The van der Waals surface area contributed by atoms with Crippen LogP contribution in [0.3, 0.4) is 0 Å². The van der Waals surface area contributed by atoms with Crippen molar-refractivity contribution in [3.05, 3.63) is 40.9 Å². The zero-order chi connectivity index (χ0) is 10.7. The van der Waals surface area contributed by atoms with Crippen LogP contribution < -0.4 is 10.5 Å². The van der Waals surface area contributed by atoms with Gasteiger partial charge in [-0.2, -0.15) is 0 Å². The van der Waals surface area contributed by atoms with Crippen LogP contribution in [0, 0.1) is 0 Å². The molecule has 1 aromatic carbocycles. The smallest absolute Gasteiger partial charge is 0.120 e. The molecule has 0 spiro atoms. The van der Waals surface area contributed by atoms with E-state index in [-0.39, 0.29) is 6.04 Å². The van der Waals surface area contributed by atoms with Crippen LogP contribution in [0.2, 0.25) is 0 Å². The number of ether oxygens (including phenoxy) is 1. The number of halogens is 1. The maximum atomic E-state index is 5.95. The van der Waals surface area contributed by atoms with Crippen molar-refractivity contribution in [1.29, 1.82) is 0 Å². The first-order valence-corrected chi connectivity index (χ1v) is 5.51. The number of fused-ring (bicyclic) bond motifs is 1. The second-order valence-electron chi connectivity index (χ2n) is 3.68. The summed E-state index contributed by atoms with van der Waals surface area (Å²) in [6, 6.07) is 6.31. The van der Waals surface area contributed by atoms with Crippen molar-refractivity contribution in [2.45, 2.75) is 18.9 Å². The second kappa shape index (κ2) is 4.69. The van der Waals surface area contributed by atoms with Crippen molar-refractivity contribution in [3.8, 4) is 5.75 Å². The Bertz CT molecular complexity index is 376. The van der Waals surface area contributed by atoms with Crippen LogP contribution in [0.5, 0.6) is 5.75 Å². The van der Waals surface area contributed by atoms with E-state index >= 15 is 0 Å². The Hall–Kier alpha value is -0.990. The molecule has 0 bridgehead atoms. The molecule has 1 aromatic rings. The van der Waals surface area contributed by atoms with E-state index < -0.39 is 0 Å². The number of hydrogen-bond acceptors (Lipinski definition) is 2. The van der Waals surface area contributed by atoms with Gasteiger partial charge in [0.15, 0.2) is 0 Å². The van der Waals surface area contributed by atoms with Gasteiger partial charge in [-0.25, -0.2) is 0 Å². The molecular weight excluding hydrogens is 210 g/mol. The van der Waals surface area contributed by atoms with E-state index in [0.717, 1.165) is 18.6 Å². The standard InChI is InChI=1S/C12H14ClNO/c13-6-1-7-15-10-3-4-11-9(8-10)2-5-12(11)14/h1,3-4,6,8,12H,2,5,7,14H2/b6-1+. The van der Waals surface area contributed by atoms with Crippen molar-refractivity contribution in [2.24, 2.45) is 5.73 Å². The summed E-state index contributed by atoms with van der Waals surface area (Å²) in [5.74, 6) is 0.887. The lowest BCUT2D eigenvalue weighted by Crippen LogP contribution is -2.05. The van der Waals surface area contributed by atoms with Crippen LogP contribution in [-0.2, 0) is 6.42 Å². The third-order valence-electron chi connectivity index (χ3n) is 2.67. The summed E-state index contributed by atoms with van der Waals surface area (Å²) in [4.78, 5) is 0. The third kappa shape index (κ3) is 2.33. The molecule has 2 rings (SSSR count). The average molecular weight is 224 g/mol. The topological polar surface area (TPSA) is 35.2 Å². The summed E-state index contributed by atoms with van der Waals surface area (Å²) in [7, 11) is 0. The Morgan fingerprint density at radius 1 is 1.53 bits per heavy atom. The van der Waals surface area contributed by atoms with E-state index in [0.29, 0.717) is 6.61 Å². The highest BCUT2D eigenvalue weighted by molar-refractivity contribution is 6.25. The van der Waals surface area contributed by atoms with E-state index in [1.54, 1.807) is 6.08 Å². The van der Waals surface area contributed by atoms with E-state index in [9.17, 15) is 0 Å². The lowest BCUT2D eigenvalue weighted by atomic mass is 10.1. The normalized spacial score (nSPS) is 19.5. The van der Waals surface area contributed by atoms with Gasteiger partial charge in [0.1, 0.15) is 12.4 Å². The van der Waals surface area contributed by atoms with Gasteiger partial charge in [0.25, 0.3) is 0 Å². The van der Waals surface area contributed by atoms with Gasteiger partial charge in [-0.3, -0.25) is 0 Å². The molecule has 80 valence electrons. The van der Waals surface area contributed by atoms with Gasteiger partial charge in [-0.05, 0) is 42.2 Å². The van der Waals surface area contributed by atoms with Gasteiger partial charge < -0.3 is 10.5 Å². The highest BCUT2D eigenvalue weighted by Gasteiger charge is 2.18. The quantitative estimate of drug-likeness (QED) is 0.855. The third-order valence-corrected chi connectivity index (χ3v) is 2.85. The van der Waals surface area contributed by atoms with E-state index in [2.05, 4.69) is 12.1 Å². The molecule has 0 fully saturated rings. The number of hydrogen-bond donors (Lipinski definition) is 1. The summed E-state index contributed by atoms with van der Waals surface area (Å²) < 4.78 is 5.49. The zero-order valence-electron chi connectivity index (χ0n) is 8.45. The number of aryl methyl sites for hydroxylation is 1. The van der Waals surface area contributed by atoms with Crippen molar-refractivity contribution < 1.29 is 4.74 Å². The predicted molar refractivity (Wildman–Crippen MR) is 62.2 cm³/mol. The number of nitrogens with two attached hydrogens (primary N) is 1. The van der Waals surface area contributed by atoms with Crippen molar-refractivity contribution >= 4 is 11.6 Å². The highest BCUT2D eigenvalue weighted by atomic mass is 35.5. The fraction of sp³-hybridized carbons (Fsp3) is 0.333. The fourth-order valence-corrected chi connectivity index (χ4v) is 1.97. The minimum atomic E-state index is 0.205. The SMILES string of the molecule is NC1CCc2cc(OC/C=C/Cl)ccc21. The summed E-state index contributed by atoms with van der Waals surface area (Å²) in [5, 5.41) is 0. The number of benzene rings is 1. The van der Waals surface area contributed by atoms with Crippen molar-refractivity contribution in [3.63, 3.8) is 0 Å². The molecule has 1 atom stereocenters. The minimum absolute atomic E-state index is 0.205. The molecule has 1 aliphatic carbocycles. The molecule has 0 amide bonds. The molecule has 2 N–H and O–H groups in total. The lowest BCUT2D eigenvalue weighted by Gasteiger charge is -2.07. The maximum Gasteiger partial charge on any atom is 0.120 e. The summed E-state index contributed by atoms with van der Waals surface area (Å²) in [6.45, 7) is 0.508. The van der Waals surface area contributed by atoms with Crippen molar-refractivity contribution in [1.82, 2.24) is 0 Å². The highest BCUT2D eigenvalue weighted by Crippen LogP contribution is 2.31. The molecule has 2 nitrogen and oxygen atoms in total. The summed E-state index contributed by atoms with van der Waals surface area (Å²) in [5.41, 5.74) is 9.98. The maximum absolute atomic E-state index is 5.95. The zero-order valence-corrected chi connectivity index (χ0v) is 9.20. The molecule has 3 heteroatoms. The molecule has 1 unspecified atom stereocenters. The molecule has 0 radical (unpaired) electrons. The van der Waals surface area contributed by atoms with Crippen LogP contribution in [0.15, 0.2) is 29.8 Å². The van der Waals surface area contributed by atoms with Crippen LogP contribution in [-0.4, -0.2) is 6.61 Å². The molecule has 0 saturated heterocycles. The molecular formula is C12H14ClNO.